The van der Waals surface area contributed by atoms with Crippen molar-refractivity contribution in [1.82, 2.24) is 4.98 Å². The summed E-state index contributed by atoms with van der Waals surface area (Å²) in [5.74, 6) is 1.12. The molecule has 0 amide bonds. The van der Waals surface area contributed by atoms with Crippen molar-refractivity contribution in [2.75, 3.05) is 20.8 Å². The second kappa shape index (κ2) is 9.37. The third-order valence-corrected chi connectivity index (χ3v) is 6.68. The number of rotatable bonds is 6. The molecule has 1 aliphatic carbocycles. The molecule has 2 aromatic carbocycles. The fourth-order valence-corrected chi connectivity index (χ4v) is 4.95. The third-order valence-electron chi connectivity index (χ3n) is 6.68. The second-order valence-corrected chi connectivity index (χ2v) is 8.78. The summed E-state index contributed by atoms with van der Waals surface area (Å²) in [6, 6.07) is 11.2. The topological polar surface area (TPSA) is 66.9 Å². The normalized spacial score (nSPS) is 18.2. The van der Waals surface area contributed by atoms with Crippen LogP contribution in [0.4, 0.5) is 13.2 Å². The van der Waals surface area contributed by atoms with Gasteiger partial charge < -0.3 is 18.9 Å². The van der Waals surface area contributed by atoms with Gasteiger partial charge in [0, 0.05) is 35.4 Å². The highest BCUT2D eigenvalue weighted by Gasteiger charge is 2.38. The number of hydrogen-bond donors (Lipinski definition) is 0. The zero-order valence-electron chi connectivity index (χ0n) is 19.7. The van der Waals surface area contributed by atoms with Gasteiger partial charge in [-0.05, 0) is 47.7 Å². The lowest BCUT2D eigenvalue weighted by Gasteiger charge is -2.19. The van der Waals surface area contributed by atoms with Gasteiger partial charge >= 0.3 is 12.1 Å². The van der Waals surface area contributed by atoms with E-state index in [9.17, 15) is 18.0 Å². The lowest BCUT2D eigenvalue weighted by molar-refractivity contribution is -0.141. The predicted octanol–water partition coefficient (Wildman–Crippen LogP) is 5.88. The van der Waals surface area contributed by atoms with Crippen molar-refractivity contribution in [3.63, 3.8) is 0 Å². The maximum absolute atomic E-state index is 13.9. The van der Waals surface area contributed by atoms with E-state index in [4.69, 9.17) is 18.9 Å². The van der Waals surface area contributed by atoms with Crippen molar-refractivity contribution in [3.8, 4) is 28.5 Å². The fraction of sp³-hybridized carbons (Fsp3) is 0.333. The molecule has 188 valence electrons. The van der Waals surface area contributed by atoms with E-state index in [1.807, 2.05) is 6.07 Å². The first kappa shape index (κ1) is 24.0. The molecule has 0 saturated heterocycles. The zero-order valence-corrected chi connectivity index (χ0v) is 19.7. The quantitative estimate of drug-likeness (QED) is 0.395. The number of carbonyl (C=O) groups is 1. The molecule has 0 bridgehead atoms. The van der Waals surface area contributed by atoms with E-state index >= 15 is 0 Å². The Morgan fingerprint density at radius 3 is 2.61 bits per heavy atom. The van der Waals surface area contributed by atoms with Crippen LogP contribution in [0, 0.1) is 0 Å². The highest BCUT2D eigenvalue weighted by Crippen LogP contribution is 2.47. The first-order chi connectivity index (χ1) is 17.3. The molecule has 0 saturated carbocycles. The summed E-state index contributed by atoms with van der Waals surface area (Å²) in [7, 11) is 2.80. The van der Waals surface area contributed by atoms with Gasteiger partial charge in [-0.15, -0.1) is 0 Å². The number of hydrogen-bond acceptors (Lipinski definition) is 6. The molecular weight excluding hydrogens is 475 g/mol. The fourth-order valence-electron chi connectivity index (χ4n) is 4.95. The molecule has 1 aromatic heterocycles. The lowest BCUT2D eigenvalue weighted by Crippen LogP contribution is -2.10. The number of carbonyl (C=O) groups excluding carboxylic acids is 1. The molecule has 2 aliphatic rings. The highest BCUT2D eigenvalue weighted by molar-refractivity contribution is 5.74. The van der Waals surface area contributed by atoms with E-state index in [0.717, 1.165) is 17.2 Å². The van der Waals surface area contributed by atoms with Crippen LogP contribution in [0.2, 0.25) is 0 Å². The summed E-state index contributed by atoms with van der Waals surface area (Å²) in [6.07, 6.45) is -2.31. The molecular formula is C27H24F3NO5. The molecule has 1 aliphatic heterocycles. The molecule has 0 radical (unpaired) electrons. The summed E-state index contributed by atoms with van der Waals surface area (Å²) >= 11 is 0. The number of halogens is 3. The number of pyridine rings is 1. The van der Waals surface area contributed by atoms with Crippen molar-refractivity contribution in [2.24, 2.45) is 0 Å². The molecule has 9 heteroatoms. The predicted molar refractivity (Wildman–Crippen MR) is 124 cm³/mol. The van der Waals surface area contributed by atoms with Crippen LogP contribution in [0.25, 0.3) is 11.1 Å². The number of fused-ring (bicyclic) bond motifs is 2. The van der Waals surface area contributed by atoms with Crippen LogP contribution in [-0.4, -0.2) is 31.8 Å². The third kappa shape index (κ3) is 4.45. The first-order valence-corrected chi connectivity index (χ1v) is 11.5. The Morgan fingerprint density at radius 2 is 1.92 bits per heavy atom. The van der Waals surface area contributed by atoms with Crippen molar-refractivity contribution in [3.05, 3.63) is 70.9 Å². The smallest absolute Gasteiger partial charge is 0.417 e. The molecule has 0 N–H and O–H groups in total. The zero-order chi connectivity index (χ0) is 25.4. The molecule has 36 heavy (non-hydrogen) atoms. The summed E-state index contributed by atoms with van der Waals surface area (Å²) < 4.78 is 63.6. The van der Waals surface area contributed by atoms with Crippen LogP contribution in [-0.2, 0) is 22.1 Å². The van der Waals surface area contributed by atoms with E-state index < -0.39 is 17.8 Å². The van der Waals surface area contributed by atoms with Crippen molar-refractivity contribution in [2.45, 2.75) is 37.5 Å². The molecule has 1 unspecified atom stereocenters. The Hall–Kier alpha value is -3.75. The Kier molecular flexibility index (Phi) is 6.24. The minimum absolute atomic E-state index is 0.0878. The van der Waals surface area contributed by atoms with Crippen molar-refractivity contribution >= 4 is 5.97 Å². The van der Waals surface area contributed by atoms with Gasteiger partial charge in [-0.2, -0.15) is 13.2 Å². The Morgan fingerprint density at radius 1 is 1.11 bits per heavy atom. The van der Waals surface area contributed by atoms with Gasteiger partial charge in [-0.25, -0.2) is 4.98 Å². The maximum atomic E-state index is 13.9. The Balaban J connectivity index is 1.44. The Bertz CT molecular complexity index is 1290. The van der Waals surface area contributed by atoms with E-state index in [2.05, 4.69) is 4.98 Å². The average molecular weight is 499 g/mol. The average Bonchev–Trinajstić information content (AvgIpc) is 3.46. The van der Waals surface area contributed by atoms with Gasteiger partial charge in [0.05, 0.1) is 32.8 Å². The van der Waals surface area contributed by atoms with Crippen LogP contribution in [0.5, 0.6) is 17.4 Å². The summed E-state index contributed by atoms with van der Waals surface area (Å²) in [5, 5.41) is 0. The van der Waals surface area contributed by atoms with Crippen LogP contribution in [0.3, 0.4) is 0 Å². The maximum Gasteiger partial charge on any atom is 0.417 e. The molecule has 0 spiro atoms. The van der Waals surface area contributed by atoms with Crippen molar-refractivity contribution in [1.29, 1.82) is 0 Å². The molecule has 3 aromatic rings. The SMILES string of the molecule is COC(=O)CC1COc2cc(O[C@@H]3CCc4c3ccc(C(F)(F)F)c4-c3ccc(OC)nc3)ccc21. The van der Waals surface area contributed by atoms with E-state index in [-0.39, 0.29) is 23.9 Å². The molecule has 6 nitrogen and oxygen atoms in total. The van der Waals surface area contributed by atoms with Gasteiger partial charge in [0.15, 0.2) is 0 Å². The number of benzene rings is 2. The molecule has 2 heterocycles. The van der Waals surface area contributed by atoms with Gasteiger partial charge in [-0.3, -0.25) is 4.79 Å². The van der Waals surface area contributed by atoms with Gasteiger partial charge in [-0.1, -0.05) is 12.1 Å². The van der Waals surface area contributed by atoms with E-state index in [1.165, 1.54) is 26.5 Å². The number of esters is 1. The van der Waals surface area contributed by atoms with Gasteiger partial charge in [0.2, 0.25) is 5.88 Å². The minimum Gasteiger partial charge on any atom is -0.492 e. The van der Waals surface area contributed by atoms with Crippen LogP contribution < -0.4 is 14.2 Å². The van der Waals surface area contributed by atoms with Crippen LogP contribution in [0.15, 0.2) is 48.7 Å². The van der Waals surface area contributed by atoms with Crippen LogP contribution >= 0.6 is 0 Å². The number of methoxy groups -OCH3 is 2. The number of nitrogens with zero attached hydrogens (tertiary/aromatic N) is 1. The van der Waals surface area contributed by atoms with Crippen LogP contribution in [0.1, 0.15) is 47.1 Å². The Labute approximate surface area is 206 Å². The highest BCUT2D eigenvalue weighted by atomic mass is 19.4. The molecule has 2 atom stereocenters. The first-order valence-electron chi connectivity index (χ1n) is 11.5. The number of aromatic nitrogens is 1. The minimum atomic E-state index is -4.51. The number of alkyl halides is 3. The summed E-state index contributed by atoms with van der Waals surface area (Å²) in [5.41, 5.74) is 2.05. The second-order valence-electron chi connectivity index (χ2n) is 8.78. The van der Waals surface area contributed by atoms with Gasteiger partial charge in [0.1, 0.15) is 17.6 Å². The summed E-state index contributed by atoms with van der Waals surface area (Å²) in [4.78, 5) is 15.8. The molecule has 5 rings (SSSR count). The van der Waals surface area contributed by atoms with E-state index in [1.54, 1.807) is 24.3 Å². The summed E-state index contributed by atoms with van der Waals surface area (Å²) in [6.45, 7) is 0.375. The van der Waals surface area contributed by atoms with Gasteiger partial charge in [0.25, 0.3) is 0 Å². The standard InChI is InChI=1S/C27H24F3NO5/c1-33-24-10-3-15(13-31-24)26-20-7-9-22(19(20)6-8-21(26)27(28,29)30)36-17-4-5-18-16(11-25(32)34-2)14-35-23(18)12-17/h3-6,8,10,12-13,16,22H,7,9,11,14H2,1-2H3/t16?,22-/m1/s1. The largest absolute Gasteiger partial charge is 0.492 e. The number of ether oxygens (including phenoxy) is 4. The van der Waals surface area contributed by atoms with Crippen molar-refractivity contribution < 1.29 is 36.9 Å². The van der Waals surface area contributed by atoms with E-state index in [0.29, 0.717) is 48.0 Å². The monoisotopic (exact) mass is 499 g/mol. The lowest BCUT2D eigenvalue weighted by atomic mass is 9.92. The molecule has 0 fully saturated rings.